The second-order valence-electron chi connectivity index (χ2n) is 8.01. The van der Waals surface area contributed by atoms with Crippen molar-refractivity contribution in [1.29, 1.82) is 0 Å². The van der Waals surface area contributed by atoms with Crippen LogP contribution in [-0.2, 0) is 13.1 Å². The van der Waals surface area contributed by atoms with Crippen molar-refractivity contribution < 1.29 is 14.0 Å². The molecule has 2 amide bonds. The van der Waals surface area contributed by atoms with Gasteiger partial charge in [0.2, 0.25) is 0 Å². The molecule has 2 heterocycles. The van der Waals surface area contributed by atoms with Crippen LogP contribution in [0.2, 0.25) is 0 Å². The van der Waals surface area contributed by atoms with E-state index in [1.807, 2.05) is 6.92 Å². The third-order valence-electron chi connectivity index (χ3n) is 5.80. The Morgan fingerprint density at radius 2 is 1.76 bits per heavy atom. The van der Waals surface area contributed by atoms with Crippen LogP contribution in [0, 0.1) is 6.92 Å². The predicted molar refractivity (Wildman–Crippen MR) is 127 cm³/mol. The van der Waals surface area contributed by atoms with Crippen molar-refractivity contribution in [2.45, 2.75) is 20.0 Å². The molecule has 0 aliphatic carbocycles. The van der Waals surface area contributed by atoms with Crippen LogP contribution in [0.3, 0.4) is 0 Å². The fourth-order valence-corrected chi connectivity index (χ4v) is 4.15. The summed E-state index contributed by atoms with van der Waals surface area (Å²) in [6.45, 7) is 2.28. The number of hydrogen-bond donors (Lipinski definition) is 3. The first-order valence-corrected chi connectivity index (χ1v) is 10.6. The molecule has 1 aliphatic heterocycles. The Morgan fingerprint density at radius 1 is 1.00 bits per heavy atom. The number of fused-ring (bicyclic) bond motifs is 1. The standard InChI is InChI=1S/C25H20N4O5/c1-13-9-10-15(34-13)11-27-20-21(23(31)22(20)30)28-17-7-4-5-14-12-29(25(33)19(14)17)18-8-3-2-6-16(18)24(26)32/h2-10,27-28H,11-12H2,1H3,(H2,26,32). The number of hydrogen-bond acceptors (Lipinski definition) is 7. The van der Waals surface area contributed by atoms with Crippen LogP contribution in [0.15, 0.2) is 68.6 Å². The molecular formula is C25H20N4O5. The number of amides is 2. The molecule has 0 spiro atoms. The third-order valence-corrected chi connectivity index (χ3v) is 5.80. The number of furan rings is 1. The first-order valence-electron chi connectivity index (χ1n) is 10.6. The lowest BCUT2D eigenvalue weighted by Crippen LogP contribution is -2.36. The normalized spacial score (nSPS) is 12.7. The van der Waals surface area contributed by atoms with E-state index in [-0.39, 0.29) is 35.9 Å². The largest absolute Gasteiger partial charge is 0.465 e. The Morgan fingerprint density at radius 3 is 2.50 bits per heavy atom. The van der Waals surface area contributed by atoms with E-state index in [2.05, 4.69) is 10.6 Å². The summed E-state index contributed by atoms with van der Waals surface area (Å²) in [5, 5.41) is 5.91. The molecule has 4 aromatic rings. The number of anilines is 4. The van der Waals surface area contributed by atoms with Crippen molar-refractivity contribution in [3.05, 3.63) is 103 Å². The van der Waals surface area contributed by atoms with E-state index in [9.17, 15) is 19.2 Å². The van der Waals surface area contributed by atoms with E-state index in [1.54, 1.807) is 54.6 Å². The summed E-state index contributed by atoms with van der Waals surface area (Å²) in [5.74, 6) is 0.381. The summed E-state index contributed by atoms with van der Waals surface area (Å²) in [6.07, 6.45) is 0. The molecule has 0 unspecified atom stereocenters. The van der Waals surface area contributed by atoms with Gasteiger partial charge >= 0.3 is 0 Å². The highest BCUT2D eigenvalue weighted by atomic mass is 16.3. The first kappa shape index (κ1) is 21.2. The zero-order chi connectivity index (χ0) is 24.0. The summed E-state index contributed by atoms with van der Waals surface area (Å²) in [6, 6.07) is 15.4. The molecule has 5 rings (SSSR count). The van der Waals surface area contributed by atoms with Gasteiger partial charge in [-0.25, -0.2) is 0 Å². The Hall–Kier alpha value is -4.66. The molecule has 0 saturated heterocycles. The number of carbonyl (C=O) groups excluding carboxylic acids is 2. The summed E-state index contributed by atoms with van der Waals surface area (Å²) in [7, 11) is 0. The summed E-state index contributed by atoms with van der Waals surface area (Å²) >= 11 is 0. The molecule has 1 aromatic heterocycles. The van der Waals surface area contributed by atoms with E-state index in [1.165, 1.54) is 4.90 Å². The van der Waals surface area contributed by atoms with Gasteiger partial charge in [0.05, 0.1) is 35.6 Å². The number of nitrogens with one attached hydrogen (secondary N) is 2. The zero-order valence-electron chi connectivity index (χ0n) is 18.2. The molecule has 0 atom stereocenters. The van der Waals surface area contributed by atoms with Crippen LogP contribution >= 0.6 is 0 Å². The molecule has 9 heteroatoms. The van der Waals surface area contributed by atoms with Crippen LogP contribution in [0.4, 0.5) is 22.7 Å². The Balaban J connectivity index is 1.44. The third kappa shape index (κ3) is 3.43. The van der Waals surface area contributed by atoms with Crippen molar-refractivity contribution in [2.75, 3.05) is 15.5 Å². The highest BCUT2D eigenvalue weighted by molar-refractivity contribution is 6.16. The Labute approximate surface area is 193 Å². The molecule has 0 fully saturated rings. The van der Waals surface area contributed by atoms with Crippen LogP contribution in [0.1, 0.15) is 37.8 Å². The number of rotatable bonds is 7. The van der Waals surface area contributed by atoms with Gasteiger partial charge in [-0.05, 0) is 42.8 Å². The maximum atomic E-state index is 13.4. The van der Waals surface area contributed by atoms with Gasteiger partial charge in [0.15, 0.2) is 0 Å². The zero-order valence-corrected chi connectivity index (χ0v) is 18.2. The molecule has 34 heavy (non-hydrogen) atoms. The van der Waals surface area contributed by atoms with Crippen LogP contribution in [0.25, 0.3) is 0 Å². The van der Waals surface area contributed by atoms with Crippen molar-refractivity contribution >= 4 is 34.6 Å². The number of benzene rings is 2. The van der Waals surface area contributed by atoms with Crippen LogP contribution < -0.4 is 32.1 Å². The molecule has 3 aromatic carbocycles. The fraction of sp³-hybridized carbons (Fsp3) is 0.120. The van der Waals surface area contributed by atoms with Gasteiger partial charge in [0, 0.05) is 0 Å². The Kier molecular flexibility index (Phi) is 5.01. The second kappa shape index (κ2) is 8.04. The van der Waals surface area contributed by atoms with E-state index in [0.29, 0.717) is 28.3 Å². The first-order chi connectivity index (χ1) is 16.3. The van der Waals surface area contributed by atoms with Crippen molar-refractivity contribution in [2.24, 2.45) is 5.73 Å². The number of nitrogens with two attached hydrogens (primary N) is 1. The van der Waals surface area contributed by atoms with Gasteiger partial charge in [-0.1, -0.05) is 24.3 Å². The molecule has 9 nitrogen and oxygen atoms in total. The van der Waals surface area contributed by atoms with Crippen molar-refractivity contribution in [3.8, 4) is 0 Å². The maximum Gasteiger partial charge on any atom is 0.261 e. The van der Waals surface area contributed by atoms with Gasteiger partial charge in [0.25, 0.3) is 22.7 Å². The average Bonchev–Trinajstić information content (AvgIpc) is 3.41. The average molecular weight is 456 g/mol. The lowest BCUT2D eigenvalue weighted by molar-refractivity contribution is 0.0996. The van der Waals surface area contributed by atoms with Gasteiger partial charge in [-0.2, -0.15) is 0 Å². The van der Waals surface area contributed by atoms with E-state index in [4.69, 9.17) is 10.2 Å². The highest BCUT2D eigenvalue weighted by Crippen LogP contribution is 2.36. The molecule has 0 bridgehead atoms. The molecule has 170 valence electrons. The summed E-state index contributed by atoms with van der Waals surface area (Å²) in [4.78, 5) is 51.2. The van der Waals surface area contributed by atoms with Crippen molar-refractivity contribution in [1.82, 2.24) is 0 Å². The minimum Gasteiger partial charge on any atom is -0.465 e. The lowest BCUT2D eigenvalue weighted by Gasteiger charge is -2.19. The molecule has 4 N–H and O–H groups in total. The number of aryl methyl sites for hydroxylation is 1. The maximum absolute atomic E-state index is 13.4. The van der Waals surface area contributed by atoms with Crippen LogP contribution in [-0.4, -0.2) is 11.8 Å². The second-order valence-corrected chi connectivity index (χ2v) is 8.01. The quantitative estimate of drug-likeness (QED) is 0.364. The van der Waals surface area contributed by atoms with E-state index >= 15 is 0 Å². The summed E-state index contributed by atoms with van der Waals surface area (Å²) < 4.78 is 5.49. The molecular weight excluding hydrogens is 436 g/mol. The Bertz CT molecular complexity index is 1530. The molecule has 0 radical (unpaired) electrons. The predicted octanol–water partition coefficient (Wildman–Crippen LogP) is 2.80. The minimum absolute atomic E-state index is 0.0884. The van der Waals surface area contributed by atoms with Crippen molar-refractivity contribution in [3.63, 3.8) is 0 Å². The summed E-state index contributed by atoms with van der Waals surface area (Å²) in [5.41, 5.74) is 6.53. The fourth-order valence-electron chi connectivity index (χ4n) is 4.15. The highest BCUT2D eigenvalue weighted by Gasteiger charge is 2.33. The molecule has 0 saturated carbocycles. The van der Waals surface area contributed by atoms with E-state index in [0.717, 1.165) is 5.76 Å². The van der Waals surface area contributed by atoms with Gasteiger partial charge in [-0.15, -0.1) is 0 Å². The lowest BCUT2D eigenvalue weighted by atomic mass is 10.1. The van der Waals surface area contributed by atoms with Gasteiger partial charge < -0.3 is 25.7 Å². The topological polar surface area (TPSA) is 135 Å². The van der Waals surface area contributed by atoms with Crippen LogP contribution in [0.5, 0.6) is 0 Å². The monoisotopic (exact) mass is 456 g/mol. The number of nitrogens with zero attached hydrogens (tertiary/aromatic N) is 1. The number of carbonyl (C=O) groups is 2. The number of para-hydroxylation sites is 1. The number of primary amides is 1. The molecule has 1 aliphatic rings. The SMILES string of the molecule is Cc1ccc(CNc2c(Nc3cccc4c3C(=O)N(c3ccccc3C(N)=O)C4)c(=O)c2=O)o1. The van der Waals surface area contributed by atoms with Gasteiger partial charge in [0.1, 0.15) is 22.9 Å². The van der Waals surface area contributed by atoms with E-state index < -0.39 is 16.8 Å². The van der Waals surface area contributed by atoms with Gasteiger partial charge in [-0.3, -0.25) is 19.2 Å². The smallest absolute Gasteiger partial charge is 0.261 e. The minimum atomic E-state index is -0.669.